The van der Waals surface area contributed by atoms with Crippen molar-refractivity contribution in [2.75, 3.05) is 0 Å². The third kappa shape index (κ3) is 6.49. The van der Waals surface area contributed by atoms with Crippen molar-refractivity contribution >= 4 is 33.1 Å². The molecule has 4 aromatic carbocycles. The molecule has 0 atom stereocenters. The van der Waals surface area contributed by atoms with Gasteiger partial charge in [-0.2, -0.15) is 0 Å². The Morgan fingerprint density at radius 1 is 0.553 bits per heavy atom. The summed E-state index contributed by atoms with van der Waals surface area (Å²) < 4.78 is 0. The minimum absolute atomic E-state index is 0. The Kier molecular flexibility index (Phi) is 9.66. The Labute approximate surface area is 262 Å². The second-order valence-corrected chi connectivity index (χ2v) is 8.39. The summed E-state index contributed by atoms with van der Waals surface area (Å²) in [5.41, 5.74) is 3.09. The van der Waals surface area contributed by atoms with Crippen LogP contribution < -0.4 is 0 Å². The van der Waals surface area contributed by atoms with Crippen molar-refractivity contribution in [1.29, 1.82) is 0 Å². The number of fused-ring (bicyclic) bond motifs is 2. The quantitative estimate of drug-likeness (QED) is 0.122. The number of nitrogens with zero attached hydrogens (tertiary/aromatic N) is 2. The average molecular weight is 633 g/mol. The SMILES string of the molecule is O=C(/C=C(\O)c1ccccc1)c1ccccc1.[Eu].c1ccc2c(-c3nccc4ccccc34)nccc2c1. The maximum absolute atomic E-state index is 11.8. The molecule has 5 heteroatoms. The molecule has 0 amide bonds. The summed E-state index contributed by atoms with van der Waals surface area (Å²) in [6, 6.07) is 38.5. The van der Waals surface area contributed by atoms with Crippen molar-refractivity contribution in [2.45, 2.75) is 0 Å². The van der Waals surface area contributed by atoms with E-state index in [1.165, 1.54) is 16.8 Å². The fourth-order valence-corrected chi connectivity index (χ4v) is 4.12. The standard InChI is InChI=1S/C18H12N2.C15H12O2.Eu/c1-3-7-15-13(5-1)9-11-19-17(15)18-16-8-4-2-6-14(16)10-12-20-18;16-14(12-7-3-1-4-8-12)11-15(17)13-9-5-2-6-10-13;/h1-12H;1-11,16H;/b;14-11-;. The zero-order valence-corrected chi connectivity index (χ0v) is 22.8. The van der Waals surface area contributed by atoms with Crippen molar-refractivity contribution in [3.63, 3.8) is 0 Å². The summed E-state index contributed by atoms with van der Waals surface area (Å²) in [5.74, 6) is -0.216. The molecule has 0 aliphatic rings. The largest absolute Gasteiger partial charge is 0.507 e. The molecule has 4 nitrogen and oxygen atoms in total. The minimum atomic E-state index is -0.202. The first-order chi connectivity index (χ1) is 18.2. The molecule has 0 aliphatic heterocycles. The number of benzene rings is 4. The van der Waals surface area contributed by atoms with Crippen LogP contribution in [0.5, 0.6) is 0 Å². The van der Waals surface area contributed by atoms with Gasteiger partial charge in [-0.15, -0.1) is 0 Å². The number of aliphatic hydroxyl groups excluding tert-OH is 1. The number of allylic oxidation sites excluding steroid dienone is 1. The molecule has 0 fully saturated rings. The van der Waals surface area contributed by atoms with Gasteiger partial charge in [-0.3, -0.25) is 14.8 Å². The van der Waals surface area contributed by atoms with Crippen molar-refractivity contribution in [3.05, 3.63) is 151 Å². The molecule has 6 rings (SSSR count). The van der Waals surface area contributed by atoms with Crippen molar-refractivity contribution in [2.24, 2.45) is 0 Å². The predicted octanol–water partition coefficient (Wildman–Crippen LogP) is 7.92. The smallest absolute Gasteiger partial charge is 0.189 e. The van der Waals surface area contributed by atoms with Gasteiger partial charge in [0, 0.05) is 89.7 Å². The number of hydrogen-bond acceptors (Lipinski definition) is 4. The van der Waals surface area contributed by atoms with Gasteiger partial charge in [0.1, 0.15) is 5.76 Å². The number of carbonyl (C=O) groups excluding carboxylic acids is 1. The molecule has 6 aromatic rings. The van der Waals surface area contributed by atoms with Crippen LogP contribution in [0, 0.1) is 49.4 Å². The molecule has 1 N–H and O–H groups in total. The van der Waals surface area contributed by atoms with E-state index < -0.39 is 0 Å². The van der Waals surface area contributed by atoms with Crippen LogP contribution in [-0.4, -0.2) is 20.9 Å². The maximum Gasteiger partial charge on any atom is 0.189 e. The van der Waals surface area contributed by atoms with Gasteiger partial charge in [0.2, 0.25) is 0 Å². The zero-order chi connectivity index (χ0) is 25.5. The van der Waals surface area contributed by atoms with Gasteiger partial charge in [0.15, 0.2) is 5.78 Å². The number of carbonyl (C=O) groups is 1. The second kappa shape index (κ2) is 13.3. The summed E-state index contributed by atoms with van der Waals surface area (Å²) in [4.78, 5) is 20.9. The van der Waals surface area contributed by atoms with Crippen LogP contribution in [-0.2, 0) is 0 Å². The van der Waals surface area contributed by atoms with Gasteiger partial charge in [-0.25, -0.2) is 0 Å². The van der Waals surface area contributed by atoms with E-state index >= 15 is 0 Å². The zero-order valence-electron chi connectivity index (χ0n) is 20.4. The molecule has 0 unspecified atom stereocenters. The van der Waals surface area contributed by atoms with Crippen LogP contribution in [0.25, 0.3) is 38.7 Å². The van der Waals surface area contributed by atoms with Crippen LogP contribution in [0.1, 0.15) is 15.9 Å². The van der Waals surface area contributed by atoms with E-state index in [0.717, 1.165) is 22.2 Å². The monoisotopic (exact) mass is 633 g/mol. The van der Waals surface area contributed by atoms with Gasteiger partial charge in [-0.1, -0.05) is 109 Å². The summed E-state index contributed by atoms with van der Waals surface area (Å²) in [6.45, 7) is 0. The molecule has 0 aliphatic carbocycles. The van der Waals surface area contributed by atoms with Gasteiger partial charge in [0.05, 0.1) is 11.4 Å². The third-order valence-electron chi connectivity index (χ3n) is 5.97. The molecule has 2 heterocycles. The van der Waals surface area contributed by atoms with E-state index in [9.17, 15) is 9.90 Å². The topological polar surface area (TPSA) is 63.1 Å². The first kappa shape index (κ1) is 27.5. The van der Waals surface area contributed by atoms with E-state index in [-0.39, 0.29) is 60.9 Å². The first-order valence-electron chi connectivity index (χ1n) is 11.9. The predicted molar refractivity (Wildman–Crippen MR) is 150 cm³/mol. The van der Waals surface area contributed by atoms with Crippen LogP contribution in [0.15, 0.2) is 140 Å². The Morgan fingerprint density at radius 2 is 0.974 bits per heavy atom. The Balaban J connectivity index is 0.000000175. The molecule has 185 valence electrons. The second-order valence-electron chi connectivity index (χ2n) is 8.39. The average Bonchev–Trinajstić information content (AvgIpc) is 2.98. The molecule has 38 heavy (non-hydrogen) atoms. The van der Waals surface area contributed by atoms with Crippen LogP contribution in [0.4, 0.5) is 0 Å². The summed E-state index contributed by atoms with van der Waals surface area (Å²) in [5, 5.41) is 14.4. The maximum atomic E-state index is 11.8. The van der Waals surface area contributed by atoms with E-state index in [4.69, 9.17) is 0 Å². The fourth-order valence-electron chi connectivity index (χ4n) is 4.12. The summed E-state index contributed by atoms with van der Waals surface area (Å²) in [7, 11) is 0. The van der Waals surface area contributed by atoms with Crippen LogP contribution in [0.2, 0.25) is 0 Å². The number of hydrogen-bond donors (Lipinski definition) is 1. The first-order valence-corrected chi connectivity index (χ1v) is 11.9. The summed E-state index contributed by atoms with van der Waals surface area (Å²) >= 11 is 0. The third-order valence-corrected chi connectivity index (χ3v) is 5.97. The van der Waals surface area contributed by atoms with Gasteiger partial charge in [-0.05, 0) is 22.9 Å². The number of aliphatic hydroxyl groups is 1. The fraction of sp³-hybridized carbons (Fsp3) is 0. The summed E-state index contributed by atoms with van der Waals surface area (Å²) in [6.07, 6.45) is 4.94. The normalized spacial score (nSPS) is 10.8. The van der Waals surface area contributed by atoms with Gasteiger partial charge in [0.25, 0.3) is 0 Å². The Bertz CT molecular complexity index is 1610. The van der Waals surface area contributed by atoms with E-state index in [1.807, 2.05) is 73.1 Å². The van der Waals surface area contributed by atoms with Gasteiger partial charge < -0.3 is 5.11 Å². The molecule has 0 saturated heterocycles. The number of pyridine rings is 2. The number of aromatic nitrogens is 2. The van der Waals surface area contributed by atoms with E-state index in [0.29, 0.717) is 11.1 Å². The Hall–Kier alpha value is -3.51. The Morgan fingerprint density at radius 3 is 1.47 bits per heavy atom. The molecule has 2 aromatic heterocycles. The molecular weight excluding hydrogens is 608 g/mol. The van der Waals surface area contributed by atoms with Crippen molar-refractivity contribution in [3.8, 4) is 11.4 Å². The minimum Gasteiger partial charge on any atom is -0.507 e. The number of ketones is 1. The van der Waals surface area contributed by atoms with Crippen molar-refractivity contribution in [1.82, 2.24) is 9.97 Å². The molecule has 0 spiro atoms. The van der Waals surface area contributed by atoms with Crippen LogP contribution >= 0.6 is 0 Å². The van der Waals surface area contributed by atoms with E-state index in [2.05, 4.69) is 34.2 Å². The van der Waals surface area contributed by atoms with Gasteiger partial charge >= 0.3 is 0 Å². The van der Waals surface area contributed by atoms with Crippen molar-refractivity contribution < 1.29 is 59.3 Å². The molecule has 1 radical (unpaired) electrons. The molecular formula is C33H24EuN2O2. The number of rotatable bonds is 4. The van der Waals surface area contributed by atoms with Crippen LogP contribution in [0.3, 0.4) is 0 Å². The molecule has 0 saturated carbocycles. The molecule has 0 bridgehead atoms. The van der Waals surface area contributed by atoms with E-state index in [1.54, 1.807) is 36.4 Å².